The van der Waals surface area contributed by atoms with Crippen molar-refractivity contribution in [2.75, 3.05) is 0 Å². The SMILES string of the molecule is Bc1ccc(/C=N/O)nc1. The van der Waals surface area contributed by atoms with E-state index >= 15 is 0 Å². The van der Waals surface area contributed by atoms with Gasteiger partial charge in [-0.1, -0.05) is 16.7 Å². The number of hydrogen-bond donors (Lipinski definition) is 1. The molecule has 0 aromatic carbocycles. The van der Waals surface area contributed by atoms with E-state index in [2.05, 4.69) is 10.1 Å². The van der Waals surface area contributed by atoms with E-state index in [1.807, 2.05) is 13.9 Å². The summed E-state index contributed by atoms with van der Waals surface area (Å²) in [5, 5.41) is 11.0. The zero-order valence-corrected chi connectivity index (χ0v) is 5.65. The number of rotatable bonds is 1. The Kier molecular flexibility index (Phi) is 2.05. The van der Waals surface area contributed by atoms with Crippen LogP contribution in [0.1, 0.15) is 5.69 Å². The fraction of sp³-hybridized carbons (Fsp3) is 0. The van der Waals surface area contributed by atoms with Gasteiger partial charge in [0.2, 0.25) is 0 Å². The Morgan fingerprint density at radius 1 is 1.60 bits per heavy atom. The van der Waals surface area contributed by atoms with Gasteiger partial charge in [0.05, 0.1) is 11.9 Å². The van der Waals surface area contributed by atoms with Crippen LogP contribution >= 0.6 is 0 Å². The van der Waals surface area contributed by atoms with Crippen LogP contribution in [0.5, 0.6) is 0 Å². The predicted molar refractivity (Wildman–Crippen MR) is 41.8 cm³/mol. The highest BCUT2D eigenvalue weighted by Gasteiger charge is 1.86. The second-order valence-electron chi connectivity index (χ2n) is 2.00. The van der Waals surface area contributed by atoms with Crippen LogP contribution in [0.15, 0.2) is 23.5 Å². The molecule has 0 amide bonds. The number of aromatic nitrogens is 1. The normalized spacial score (nSPS) is 10.4. The molecule has 0 spiro atoms. The number of nitrogens with zero attached hydrogens (tertiary/aromatic N) is 2. The lowest BCUT2D eigenvalue weighted by Gasteiger charge is -1.90. The molecule has 0 aliphatic heterocycles. The van der Waals surface area contributed by atoms with Crippen molar-refractivity contribution in [3.05, 3.63) is 24.0 Å². The van der Waals surface area contributed by atoms with Gasteiger partial charge in [0.15, 0.2) is 0 Å². The quantitative estimate of drug-likeness (QED) is 0.235. The molecule has 1 aromatic rings. The highest BCUT2D eigenvalue weighted by molar-refractivity contribution is 6.32. The van der Waals surface area contributed by atoms with Gasteiger partial charge in [-0.25, -0.2) is 0 Å². The minimum Gasteiger partial charge on any atom is -0.411 e. The van der Waals surface area contributed by atoms with Crippen molar-refractivity contribution in [1.82, 2.24) is 4.98 Å². The summed E-state index contributed by atoms with van der Waals surface area (Å²) >= 11 is 0. The molecule has 0 radical (unpaired) electrons. The van der Waals surface area contributed by atoms with Crippen molar-refractivity contribution in [3.8, 4) is 0 Å². The van der Waals surface area contributed by atoms with Crippen molar-refractivity contribution in [3.63, 3.8) is 0 Å². The number of pyridine rings is 1. The van der Waals surface area contributed by atoms with Crippen LogP contribution in [-0.2, 0) is 0 Å². The van der Waals surface area contributed by atoms with E-state index in [1.54, 1.807) is 12.3 Å². The van der Waals surface area contributed by atoms with Crippen LogP contribution in [0, 0.1) is 0 Å². The fourth-order valence-electron chi connectivity index (χ4n) is 0.615. The molecule has 1 aromatic heterocycles. The van der Waals surface area contributed by atoms with E-state index in [1.165, 1.54) is 6.21 Å². The molecule has 10 heavy (non-hydrogen) atoms. The third-order valence-corrected chi connectivity index (χ3v) is 1.12. The first-order chi connectivity index (χ1) is 4.83. The Morgan fingerprint density at radius 2 is 2.40 bits per heavy atom. The lowest BCUT2D eigenvalue weighted by atomic mass is 9.99. The maximum absolute atomic E-state index is 8.12. The van der Waals surface area contributed by atoms with Crippen LogP contribution in [0.25, 0.3) is 0 Å². The van der Waals surface area contributed by atoms with E-state index in [0.717, 1.165) is 5.46 Å². The van der Waals surface area contributed by atoms with E-state index in [9.17, 15) is 0 Å². The Labute approximate surface area is 59.8 Å². The molecule has 0 bridgehead atoms. The Morgan fingerprint density at radius 3 is 2.90 bits per heavy atom. The molecule has 0 saturated carbocycles. The van der Waals surface area contributed by atoms with Gasteiger partial charge >= 0.3 is 0 Å². The molecule has 0 aliphatic rings. The lowest BCUT2D eigenvalue weighted by Crippen LogP contribution is -2.03. The van der Waals surface area contributed by atoms with Crippen molar-refractivity contribution in [1.29, 1.82) is 0 Å². The van der Waals surface area contributed by atoms with E-state index in [0.29, 0.717) is 5.69 Å². The third-order valence-electron chi connectivity index (χ3n) is 1.12. The molecule has 50 valence electrons. The summed E-state index contributed by atoms with van der Waals surface area (Å²) in [5.41, 5.74) is 1.75. The zero-order valence-electron chi connectivity index (χ0n) is 5.65. The summed E-state index contributed by atoms with van der Waals surface area (Å²) in [5.74, 6) is 0. The molecule has 0 aliphatic carbocycles. The van der Waals surface area contributed by atoms with Gasteiger partial charge in [0.25, 0.3) is 0 Å². The Balaban J connectivity index is 2.89. The largest absolute Gasteiger partial charge is 0.411 e. The lowest BCUT2D eigenvalue weighted by molar-refractivity contribution is 0.321. The molecule has 1 heterocycles. The zero-order chi connectivity index (χ0) is 7.40. The summed E-state index contributed by atoms with van der Waals surface area (Å²) in [6.07, 6.45) is 3.01. The Bertz CT molecular complexity index is 232. The summed E-state index contributed by atoms with van der Waals surface area (Å²) in [7, 11) is 1.95. The second kappa shape index (κ2) is 3.01. The van der Waals surface area contributed by atoms with Gasteiger partial charge in [0, 0.05) is 6.20 Å². The average molecular weight is 134 g/mol. The first kappa shape index (κ1) is 6.80. The molecular formula is C6H7BN2O. The predicted octanol–water partition coefficient (Wildman–Crippen LogP) is -0.852. The molecule has 0 saturated heterocycles. The number of oxime groups is 1. The second-order valence-corrected chi connectivity index (χ2v) is 2.00. The summed E-state index contributed by atoms with van der Waals surface area (Å²) in [6, 6.07) is 3.69. The van der Waals surface area contributed by atoms with Crippen molar-refractivity contribution < 1.29 is 5.21 Å². The van der Waals surface area contributed by atoms with Gasteiger partial charge in [0.1, 0.15) is 7.85 Å². The summed E-state index contributed by atoms with van der Waals surface area (Å²) in [6.45, 7) is 0. The van der Waals surface area contributed by atoms with Crippen LogP contribution in [0.3, 0.4) is 0 Å². The highest BCUT2D eigenvalue weighted by atomic mass is 16.4. The van der Waals surface area contributed by atoms with Gasteiger partial charge in [-0.3, -0.25) is 4.98 Å². The standard InChI is InChI=1S/C6H7BN2O/c7-5-1-2-6(4-9-10)8-3-5/h1-4,10H,7H2/b9-4+. The van der Waals surface area contributed by atoms with Gasteiger partial charge < -0.3 is 5.21 Å². The highest BCUT2D eigenvalue weighted by Crippen LogP contribution is 1.84. The molecule has 1 rings (SSSR count). The van der Waals surface area contributed by atoms with Gasteiger partial charge in [-0.2, -0.15) is 0 Å². The Hall–Kier alpha value is -1.32. The minimum absolute atomic E-state index is 0.660. The molecule has 1 N–H and O–H groups in total. The molecular weight excluding hydrogens is 127 g/mol. The average Bonchev–Trinajstić information content (AvgIpc) is 1.95. The van der Waals surface area contributed by atoms with Gasteiger partial charge in [-0.15, -0.1) is 0 Å². The van der Waals surface area contributed by atoms with Crippen molar-refractivity contribution in [2.45, 2.75) is 0 Å². The van der Waals surface area contributed by atoms with E-state index in [-0.39, 0.29) is 0 Å². The van der Waals surface area contributed by atoms with E-state index < -0.39 is 0 Å². The third kappa shape index (κ3) is 1.58. The monoisotopic (exact) mass is 134 g/mol. The van der Waals surface area contributed by atoms with E-state index in [4.69, 9.17) is 5.21 Å². The summed E-state index contributed by atoms with van der Waals surface area (Å²) < 4.78 is 0. The van der Waals surface area contributed by atoms with Crippen LogP contribution in [0.2, 0.25) is 0 Å². The maximum Gasteiger partial charge on any atom is 0.141 e. The molecule has 0 atom stereocenters. The molecule has 0 fully saturated rings. The van der Waals surface area contributed by atoms with Crippen LogP contribution in [-0.4, -0.2) is 24.3 Å². The smallest absolute Gasteiger partial charge is 0.141 e. The van der Waals surface area contributed by atoms with Gasteiger partial charge in [-0.05, 0) is 6.07 Å². The maximum atomic E-state index is 8.12. The molecule has 4 heteroatoms. The van der Waals surface area contributed by atoms with Crippen LogP contribution < -0.4 is 5.46 Å². The molecule has 0 unspecified atom stereocenters. The van der Waals surface area contributed by atoms with Crippen molar-refractivity contribution >= 4 is 19.5 Å². The number of hydrogen-bond acceptors (Lipinski definition) is 3. The van der Waals surface area contributed by atoms with Crippen molar-refractivity contribution in [2.24, 2.45) is 5.16 Å². The topological polar surface area (TPSA) is 45.5 Å². The molecule has 3 nitrogen and oxygen atoms in total. The fourth-order valence-corrected chi connectivity index (χ4v) is 0.615. The summed E-state index contributed by atoms with van der Waals surface area (Å²) in [4.78, 5) is 3.96. The first-order valence-corrected chi connectivity index (χ1v) is 2.93. The van der Waals surface area contributed by atoms with Crippen LogP contribution in [0.4, 0.5) is 0 Å². The minimum atomic E-state index is 0.660. The first-order valence-electron chi connectivity index (χ1n) is 2.93.